The summed E-state index contributed by atoms with van der Waals surface area (Å²) in [7, 11) is -3.43. The van der Waals surface area contributed by atoms with Gasteiger partial charge in [-0.2, -0.15) is 0 Å². The van der Waals surface area contributed by atoms with Gasteiger partial charge >= 0.3 is 0 Å². The van der Waals surface area contributed by atoms with Gasteiger partial charge in [0.1, 0.15) is 6.29 Å². The van der Waals surface area contributed by atoms with E-state index in [-0.39, 0.29) is 11.7 Å². The summed E-state index contributed by atoms with van der Waals surface area (Å²) < 4.78 is 30.6. The second-order valence-electron chi connectivity index (χ2n) is 4.66. The summed E-state index contributed by atoms with van der Waals surface area (Å²) in [5.41, 5.74) is -0.187. The Morgan fingerprint density at radius 1 is 1.45 bits per heavy atom. The third kappa shape index (κ3) is 3.13. The van der Waals surface area contributed by atoms with E-state index in [9.17, 15) is 13.2 Å². The molecule has 1 aromatic heterocycles. The number of nitrogens with one attached hydrogen (secondary N) is 1. The number of aldehydes is 1. The first-order chi connectivity index (χ1) is 9.51. The summed E-state index contributed by atoms with van der Waals surface area (Å²) in [5, 5.41) is 0. The third-order valence-corrected chi connectivity index (χ3v) is 4.66. The van der Waals surface area contributed by atoms with Crippen LogP contribution in [0.4, 0.5) is 5.95 Å². The maximum atomic E-state index is 11.5. The lowest BCUT2D eigenvalue weighted by Gasteiger charge is -2.31. The molecule has 0 radical (unpaired) electrons. The maximum absolute atomic E-state index is 11.5. The molecule has 1 fully saturated rings. The second-order valence-corrected chi connectivity index (χ2v) is 6.67. The molecular weight excluding hydrogens is 282 g/mol. The van der Waals surface area contributed by atoms with Crippen molar-refractivity contribution in [2.24, 2.45) is 0 Å². The Bertz CT molecular complexity index is 582. The Morgan fingerprint density at radius 3 is 2.75 bits per heavy atom. The number of hydrogen-bond acceptors (Lipinski definition) is 6. The van der Waals surface area contributed by atoms with Crippen LogP contribution in [0.25, 0.3) is 0 Å². The minimum absolute atomic E-state index is 0.00272. The van der Waals surface area contributed by atoms with Gasteiger partial charge in [0.2, 0.25) is 16.0 Å². The zero-order chi connectivity index (χ0) is 14.6. The topological polar surface area (TPSA) is 98.2 Å². The van der Waals surface area contributed by atoms with Crippen LogP contribution in [0.1, 0.15) is 25.5 Å². The first kappa shape index (κ1) is 14.9. The van der Waals surface area contributed by atoms with Crippen LogP contribution in [0.3, 0.4) is 0 Å². The van der Waals surface area contributed by atoms with Crippen LogP contribution in [-0.2, 0) is 25.0 Å². The smallest absolute Gasteiger partial charge is 0.236 e. The Kier molecular flexibility index (Phi) is 4.34. The van der Waals surface area contributed by atoms with Gasteiger partial charge in [0.05, 0.1) is 16.9 Å². The molecule has 110 valence electrons. The highest BCUT2D eigenvalue weighted by molar-refractivity contribution is 7.92. The van der Waals surface area contributed by atoms with Crippen molar-refractivity contribution in [2.75, 3.05) is 23.7 Å². The standard InChI is InChI=1S/C12H17N3O4S/c1-2-20(17,18)15-11-13-6-3-10(14-11)12(9-16)4-7-19-8-5-12/h3,6,9H,2,4-5,7-8H2,1H3,(H,13,14,15). The fourth-order valence-corrected chi connectivity index (χ4v) is 2.59. The maximum Gasteiger partial charge on any atom is 0.236 e. The molecule has 0 aliphatic carbocycles. The van der Waals surface area contributed by atoms with E-state index in [2.05, 4.69) is 14.7 Å². The Balaban J connectivity index is 2.31. The van der Waals surface area contributed by atoms with Crippen LogP contribution in [0, 0.1) is 0 Å². The lowest BCUT2D eigenvalue weighted by atomic mass is 9.78. The molecule has 0 aromatic carbocycles. The molecule has 20 heavy (non-hydrogen) atoms. The normalized spacial score (nSPS) is 18.4. The number of ether oxygens (including phenoxy) is 1. The van der Waals surface area contributed by atoms with Crippen LogP contribution < -0.4 is 4.72 Å². The Labute approximate surface area is 117 Å². The highest BCUT2D eigenvalue weighted by atomic mass is 32.2. The summed E-state index contributed by atoms with van der Waals surface area (Å²) in [6.45, 7) is 2.50. The molecular formula is C12H17N3O4S. The number of hydrogen-bond donors (Lipinski definition) is 1. The number of carbonyl (C=O) groups excluding carboxylic acids is 1. The molecule has 0 amide bonds. The lowest BCUT2D eigenvalue weighted by molar-refractivity contribution is -0.116. The summed E-state index contributed by atoms with van der Waals surface area (Å²) in [6.07, 6.45) is 3.40. The molecule has 0 spiro atoms. The third-order valence-electron chi connectivity index (χ3n) is 3.40. The summed E-state index contributed by atoms with van der Waals surface area (Å²) in [5.74, 6) is -0.0650. The van der Waals surface area contributed by atoms with Crippen molar-refractivity contribution in [1.82, 2.24) is 9.97 Å². The molecule has 0 unspecified atom stereocenters. The molecule has 2 heterocycles. The second kappa shape index (κ2) is 5.84. The number of aromatic nitrogens is 2. The van der Waals surface area contributed by atoms with E-state index in [1.54, 1.807) is 6.07 Å². The van der Waals surface area contributed by atoms with Crippen LogP contribution >= 0.6 is 0 Å². The van der Waals surface area contributed by atoms with Crippen LogP contribution in [-0.4, -0.2) is 43.6 Å². The lowest BCUT2D eigenvalue weighted by Crippen LogP contribution is -2.36. The van der Waals surface area contributed by atoms with Crippen molar-refractivity contribution in [1.29, 1.82) is 0 Å². The fourth-order valence-electron chi connectivity index (χ4n) is 2.07. The average Bonchev–Trinajstić information content (AvgIpc) is 2.48. The van der Waals surface area contributed by atoms with E-state index in [0.717, 1.165) is 6.29 Å². The average molecular weight is 299 g/mol. The van der Waals surface area contributed by atoms with Crippen molar-refractivity contribution < 1.29 is 17.9 Å². The van der Waals surface area contributed by atoms with E-state index >= 15 is 0 Å². The van der Waals surface area contributed by atoms with E-state index in [1.807, 2.05) is 0 Å². The molecule has 0 atom stereocenters. The summed E-state index contributed by atoms with van der Waals surface area (Å²) in [4.78, 5) is 19.5. The van der Waals surface area contributed by atoms with Crippen molar-refractivity contribution in [2.45, 2.75) is 25.2 Å². The number of anilines is 1. The van der Waals surface area contributed by atoms with Gasteiger partial charge in [0.25, 0.3) is 0 Å². The Hall–Kier alpha value is -1.54. The zero-order valence-corrected chi connectivity index (χ0v) is 12.0. The van der Waals surface area contributed by atoms with Gasteiger partial charge in [0, 0.05) is 19.4 Å². The molecule has 8 heteroatoms. The highest BCUT2D eigenvalue weighted by Gasteiger charge is 2.36. The predicted octanol–water partition coefficient (Wildman–Crippen LogP) is 0.485. The van der Waals surface area contributed by atoms with Crippen LogP contribution in [0.5, 0.6) is 0 Å². The predicted molar refractivity (Wildman–Crippen MR) is 72.9 cm³/mol. The molecule has 0 saturated carbocycles. The Morgan fingerprint density at radius 2 is 2.15 bits per heavy atom. The molecule has 2 rings (SSSR count). The zero-order valence-electron chi connectivity index (χ0n) is 11.2. The number of rotatable bonds is 5. The number of sulfonamides is 1. The highest BCUT2D eigenvalue weighted by Crippen LogP contribution is 2.31. The van der Waals surface area contributed by atoms with E-state index in [0.29, 0.717) is 31.7 Å². The van der Waals surface area contributed by atoms with Crippen molar-refractivity contribution >= 4 is 22.3 Å². The quantitative estimate of drug-likeness (QED) is 0.794. The molecule has 7 nitrogen and oxygen atoms in total. The number of carbonyl (C=O) groups is 1. The van der Waals surface area contributed by atoms with Gasteiger partial charge < -0.3 is 9.53 Å². The van der Waals surface area contributed by atoms with Crippen molar-refractivity contribution in [3.63, 3.8) is 0 Å². The monoisotopic (exact) mass is 299 g/mol. The van der Waals surface area contributed by atoms with Crippen LogP contribution in [0.2, 0.25) is 0 Å². The van der Waals surface area contributed by atoms with Gasteiger partial charge in [-0.3, -0.25) is 4.72 Å². The van der Waals surface area contributed by atoms with E-state index in [1.165, 1.54) is 13.1 Å². The van der Waals surface area contributed by atoms with Gasteiger partial charge in [-0.1, -0.05) is 0 Å². The first-order valence-corrected chi connectivity index (χ1v) is 8.05. The van der Waals surface area contributed by atoms with Crippen LogP contribution in [0.15, 0.2) is 12.3 Å². The molecule has 1 N–H and O–H groups in total. The molecule has 1 saturated heterocycles. The van der Waals surface area contributed by atoms with Gasteiger partial charge in [0.15, 0.2) is 0 Å². The van der Waals surface area contributed by atoms with Gasteiger partial charge in [-0.25, -0.2) is 18.4 Å². The van der Waals surface area contributed by atoms with Crippen molar-refractivity contribution in [3.8, 4) is 0 Å². The van der Waals surface area contributed by atoms with E-state index < -0.39 is 15.4 Å². The SMILES string of the molecule is CCS(=O)(=O)Nc1nccc(C2(C=O)CCOCC2)n1. The number of nitrogens with zero attached hydrogens (tertiary/aromatic N) is 2. The first-order valence-electron chi connectivity index (χ1n) is 6.39. The molecule has 0 bridgehead atoms. The molecule has 1 aliphatic heterocycles. The summed E-state index contributed by atoms with van der Waals surface area (Å²) >= 11 is 0. The van der Waals surface area contributed by atoms with E-state index in [4.69, 9.17) is 4.74 Å². The fraction of sp³-hybridized carbons (Fsp3) is 0.583. The summed E-state index contributed by atoms with van der Waals surface area (Å²) in [6, 6.07) is 1.64. The largest absolute Gasteiger partial charge is 0.381 e. The molecule has 1 aromatic rings. The van der Waals surface area contributed by atoms with Gasteiger partial charge in [-0.15, -0.1) is 0 Å². The van der Waals surface area contributed by atoms with Crippen molar-refractivity contribution in [3.05, 3.63) is 18.0 Å². The minimum atomic E-state index is -3.43. The van der Waals surface area contributed by atoms with Gasteiger partial charge in [-0.05, 0) is 25.8 Å². The minimum Gasteiger partial charge on any atom is -0.381 e. The molecule has 1 aliphatic rings.